The van der Waals surface area contributed by atoms with Crippen LogP contribution in [0.3, 0.4) is 0 Å². The van der Waals surface area contributed by atoms with E-state index in [0.29, 0.717) is 22.9 Å². The Morgan fingerprint density at radius 2 is 1.73 bits per heavy atom. The monoisotopic (exact) mass is 380 g/mol. The summed E-state index contributed by atoms with van der Waals surface area (Å²) in [5.41, 5.74) is 0.413. The molecule has 2 amide bonds. The number of halogens is 1. The third-order valence-electron chi connectivity index (χ3n) is 4.71. The first kappa shape index (κ1) is 20.2. The van der Waals surface area contributed by atoms with E-state index in [-0.39, 0.29) is 5.91 Å². The highest BCUT2D eigenvalue weighted by Crippen LogP contribution is 2.26. The highest BCUT2D eigenvalue weighted by molar-refractivity contribution is 6.30. The molecule has 0 heterocycles. The number of carboxylic acids is 1. The molecule has 6 nitrogen and oxygen atoms in total. The smallest absolute Gasteiger partial charge is 0.330 e. The van der Waals surface area contributed by atoms with Crippen molar-refractivity contribution in [2.75, 3.05) is 0 Å². The van der Waals surface area contributed by atoms with Crippen LogP contribution in [0.25, 0.3) is 0 Å². The zero-order chi connectivity index (χ0) is 19.1. The van der Waals surface area contributed by atoms with Gasteiger partial charge in [0.1, 0.15) is 6.04 Å². The number of hydrogen-bond donors (Lipinski definition) is 3. The van der Waals surface area contributed by atoms with E-state index in [1.165, 1.54) is 6.42 Å². The maximum absolute atomic E-state index is 12.3. The number of rotatable bonds is 7. The molecule has 7 heteroatoms. The van der Waals surface area contributed by atoms with Gasteiger partial charge in [0.05, 0.1) is 0 Å². The lowest BCUT2D eigenvalue weighted by molar-refractivity contribution is -0.142. The van der Waals surface area contributed by atoms with Gasteiger partial charge in [0.25, 0.3) is 0 Å². The normalized spacial score (nSPS) is 17.2. The van der Waals surface area contributed by atoms with Crippen molar-refractivity contribution in [2.24, 2.45) is 5.92 Å². The van der Waals surface area contributed by atoms with Crippen LogP contribution in [0, 0.1) is 5.92 Å². The molecular weight excluding hydrogens is 356 g/mol. The number of amides is 2. The number of nitrogens with one attached hydrogen (secondary N) is 2. The molecule has 1 aromatic rings. The van der Waals surface area contributed by atoms with Gasteiger partial charge in [-0.1, -0.05) is 43.0 Å². The maximum atomic E-state index is 12.3. The summed E-state index contributed by atoms with van der Waals surface area (Å²) in [5, 5.41) is 15.0. The number of aliphatic carboxylic acids is 1. The van der Waals surface area contributed by atoms with Crippen LogP contribution < -0.4 is 10.6 Å². The molecule has 0 aromatic heterocycles. The second-order valence-electron chi connectivity index (χ2n) is 6.83. The van der Waals surface area contributed by atoms with Crippen molar-refractivity contribution in [3.05, 3.63) is 34.9 Å². The van der Waals surface area contributed by atoms with E-state index in [0.717, 1.165) is 25.7 Å². The van der Waals surface area contributed by atoms with Gasteiger partial charge in [-0.05, 0) is 43.4 Å². The van der Waals surface area contributed by atoms with Crippen LogP contribution in [0.5, 0.6) is 0 Å². The number of carboxylic acid groups (broad SMARTS) is 1. The van der Waals surface area contributed by atoms with E-state index < -0.39 is 24.0 Å². The van der Waals surface area contributed by atoms with Crippen LogP contribution in [0.4, 0.5) is 0 Å². The van der Waals surface area contributed by atoms with Crippen molar-refractivity contribution in [3.8, 4) is 0 Å². The molecule has 2 unspecified atom stereocenters. The lowest BCUT2D eigenvalue weighted by atomic mass is 9.87. The summed E-state index contributed by atoms with van der Waals surface area (Å²) in [5.74, 6) is -1.51. The Morgan fingerprint density at radius 1 is 1.12 bits per heavy atom. The van der Waals surface area contributed by atoms with Gasteiger partial charge in [0.15, 0.2) is 6.04 Å². The Morgan fingerprint density at radius 3 is 2.31 bits per heavy atom. The van der Waals surface area contributed by atoms with Crippen molar-refractivity contribution >= 4 is 29.4 Å². The maximum Gasteiger partial charge on any atom is 0.330 e. The Kier molecular flexibility index (Phi) is 7.45. The Labute approximate surface area is 158 Å². The zero-order valence-corrected chi connectivity index (χ0v) is 15.6. The lowest BCUT2D eigenvalue weighted by Crippen LogP contribution is -2.47. The molecule has 0 radical (unpaired) electrons. The van der Waals surface area contributed by atoms with Gasteiger partial charge in [-0.3, -0.25) is 9.59 Å². The fourth-order valence-electron chi connectivity index (χ4n) is 3.23. The van der Waals surface area contributed by atoms with E-state index in [1.807, 2.05) is 0 Å². The van der Waals surface area contributed by atoms with Gasteiger partial charge >= 0.3 is 5.97 Å². The summed E-state index contributed by atoms with van der Waals surface area (Å²) in [7, 11) is 0. The number of benzene rings is 1. The van der Waals surface area contributed by atoms with Crippen molar-refractivity contribution in [2.45, 2.75) is 57.5 Å². The summed E-state index contributed by atoms with van der Waals surface area (Å²) in [4.78, 5) is 35.9. The van der Waals surface area contributed by atoms with E-state index in [1.54, 1.807) is 31.2 Å². The van der Waals surface area contributed by atoms with Gasteiger partial charge in [0.2, 0.25) is 11.8 Å². The molecule has 142 valence electrons. The van der Waals surface area contributed by atoms with E-state index >= 15 is 0 Å². The molecule has 1 aliphatic carbocycles. The average molecular weight is 381 g/mol. The van der Waals surface area contributed by atoms with Crippen LogP contribution >= 0.6 is 11.6 Å². The molecule has 1 aliphatic rings. The highest BCUT2D eigenvalue weighted by atomic mass is 35.5. The van der Waals surface area contributed by atoms with Crippen molar-refractivity contribution in [1.82, 2.24) is 10.6 Å². The van der Waals surface area contributed by atoms with Gasteiger partial charge in [-0.15, -0.1) is 0 Å². The van der Waals surface area contributed by atoms with E-state index in [4.69, 9.17) is 11.6 Å². The third kappa shape index (κ3) is 6.02. The molecule has 3 N–H and O–H groups in total. The van der Waals surface area contributed by atoms with Crippen LogP contribution in [-0.2, 0) is 14.4 Å². The Balaban J connectivity index is 1.90. The predicted octanol–water partition coefficient (Wildman–Crippen LogP) is 3.06. The number of carbonyl (C=O) groups is 3. The van der Waals surface area contributed by atoms with Crippen molar-refractivity contribution in [1.29, 1.82) is 0 Å². The topological polar surface area (TPSA) is 95.5 Å². The van der Waals surface area contributed by atoms with Gasteiger partial charge in [-0.25, -0.2) is 4.79 Å². The minimum absolute atomic E-state index is 0.169. The summed E-state index contributed by atoms with van der Waals surface area (Å²) < 4.78 is 0. The molecule has 0 aliphatic heterocycles. The first-order valence-corrected chi connectivity index (χ1v) is 9.32. The van der Waals surface area contributed by atoms with Gasteiger partial charge in [0, 0.05) is 11.4 Å². The Bertz CT molecular complexity index is 641. The number of hydrogen-bond acceptors (Lipinski definition) is 3. The summed E-state index contributed by atoms with van der Waals surface area (Å²) >= 11 is 5.81. The standard InChI is InChI=1S/C19H25ClN2O4/c1-12(21-16(23)11-13-5-3-2-4-6-13)18(24)22-17(19(25)26)14-7-9-15(20)10-8-14/h7-10,12-13,17H,2-6,11H2,1H3,(H,21,23)(H,22,24)(H,25,26). The quantitative estimate of drug-likeness (QED) is 0.677. The van der Waals surface area contributed by atoms with E-state index in [9.17, 15) is 19.5 Å². The lowest BCUT2D eigenvalue weighted by Gasteiger charge is -2.22. The molecule has 0 saturated heterocycles. The molecule has 26 heavy (non-hydrogen) atoms. The fraction of sp³-hybridized carbons (Fsp3) is 0.526. The van der Waals surface area contributed by atoms with Crippen molar-refractivity contribution in [3.63, 3.8) is 0 Å². The van der Waals surface area contributed by atoms with Gasteiger partial charge in [-0.2, -0.15) is 0 Å². The molecular formula is C19H25ClN2O4. The Hall–Kier alpha value is -2.08. The second-order valence-corrected chi connectivity index (χ2v) is 7.27. The summed E-state index contributed by atoms with van der Waals surface area (Å²) in [6, 6.07) is 4.22. The molecule has 2 atom stereocenters. The van der Waals surface area contributed by atoms with Crippen molar-refractivity contribution < 1.29 is 19.5 Å². The highest BCUT2D eigenvalue weighted by Gasteiger charge is 2.26. The fourth-order valence-corrected chi connectivity index (χ4v) is 3.36. The van der Waals surface area contributed by atoms with Crippen LogP contribution in [-0.4, -0.2) is 28.9 Å². The first-order chi connectivity index (χ1) is 12.4. The summed E-state index contributed by atoms with van der Waals surface area (Å²) in [6.07, 6.45) is 6.03. The first-order valence-electron chi connectivity index (χ1n) is 8.95. The molecule has 1 saturated carbocycles. The van der Waals surface area contributed by atoms with Crippen LogP contribution in [0.2, 0.25) is 5.02 Å². The molecule has 0 spiro atoms. The third-order valence-corrected chi connectivity index (χ3v) is 4.96. The molecule has 1 fully saturated rings. The predicted molar refractivity (Wildman–Crippen MR) is 98.8 cm³/mol. The number of carbonyl (C=O) groups excluding carboxylic acids is 2. The van der Waals surface area contributed by atoms with Crippen LogP contribution in [0.1, 0.15) is 57.1 Å². The minimum atomic E-state index is -1.20. The average Bonchev–Trinajstić information content (AvgIpc) is 2.60. The summed E-state index contributed by atoms with van der Waals surface area (Å²) in [6.45, 7) is 1.55. The second kappa shape index (κ2) is 9.57. The molecule has 2 rings (SSSR count). The largest absolute Gasteiger partial charge is 0.479 e. The van der Waals surface area contributed by atoms with Gasteiger partial charge < -0.3 is 15.7 Å². The molecule has 1 aromatic carbocycles. The van der Waals surface area contributed by atoms with E-state index in [2.05, 4.69) is 10.6 Å². The van der Waals surface area contributed by atoms with Crippen LogP contribution in [0.15, 0.2) is 24.3 Å². The SMILES string of the molecule is CC(NC(=O)CC1CCCCC1)C(=O)NC(C(=O)O)c1ccc(Cl)cc1. The zero-order valence-electron chi connectivity index (χ0n) is 14.8. The molecule has 0 bridgehead atoms. The minimum Gasteiger partial charge on any atom is -0.479 e.